The summed E-state index contributed by atoms with van der Waals surface area (Å²) in [5.74, 6) is 0.0889. The van der Waals surface area contributed by atoms with Gasteiger partial charge in [0.2, 0.25) is 10.0 Å². The number of hydrogen-bond donors (Lipinski definition) is 0. The molecule has 0 radical (unpaired) electrons. The maximum absolute atomic E-state index is 13.0. The molecule has 0 spiro atoms. The third-order valence-corrected chi connectivity index (χ3v) is 8.28. The molecule has 4 rings (SSSR count). The Hall–Kier alpha value is -2.00. The third kappa shape index (κ3) is 4.77. The Balaban J connectivity index is 1.36. The number of benzene rings is 1. The molecule has 2 fully saturated rings. The number of aromatic nitrogens is 1. The van der Waals surface area contributed by atoms with E-state index in [-0.39, 0.29) is 11.9 Å². The zero-order chi connectivity index (χ0) is 22.0. The summed E-state index contributed by atoms with van der Waals surface area (Å²) in [4.78, 5) is 15.4. The average Bonchev–Trinajstić information content (AvgIpc) is 3.38. The standard InChI is InChI=1S/C23H31N3O4S/c1-18-15-22(19(2)26(18)16-20-7-6-14-30-20)23(27)17-24-10-12-25(13-11-24)31(28,29)21-8-4-3-5-9-21/h3-5,8-9,15,20H,6-7,10-14,16-17H2,1-2H3/t20-/m0/s1. The lowest BCUT2D eigenvalue weighted by atomic mass is 10.1. The largest absolute Gasteiger partial charge is 0.376 e. The topological polar surface area (TPSA) is 71.9 Å². The fourth-order valence-corrected chi connectivity index (χ4v) is 5.96. The second-order valence-corrected chi connectivity index (χ2v) is 10.4. The monoisotopic (exact) mass is 445 g/mol. The van der Waals surface area contributed by atoms with E-state index in [0.29, 0.717) is 37.6 Å². The van der Waals surface area contributed by atoms with Crippen molar-refractivity contribution in [2.45, 2.75) is 44.2 Å². The van der Waals surface area contributed by atoms with Gasteiger partial charge in [0.05, 0.1) is 17.5 Å². The first-order valence-corrected chi connectivity index (χ1v) is 12.4. The maximum Gasteiger partial charge on any atom is 0.243 e. The number of rotatable bonds is 7. The van der Waals surface area contributed by atoms with Crippen molar-refractivity contribution in [2.24, 2.45) is 0 Å². The van der Waals surface area contributed by atoms with E-state index in [2.05, 4.69) is 4.57 Å². The molecule has 0 aliphatic carbocycles. The lowest BCUT2D eigenvalue weighted by Gasteiger charge is -2.33. The molecule has 0 unspecified atom stereocenters. The normalized spacial score (nSPS) is 20.9. The summed E-state index contributed by atoms with van der Waals surface area (Å²) in [5, 5.41) is 0. The minimum atomic E-state index is -3.48. The van der Waals surface area contributed by atoms with Gasteiger partial charge in [0, 0.05) is 56.3 Å². The molecule has 0 saturated carbocycles. The van der Waals surface area contributed by atoms with Gasteiger partial charge in [-0.15, -0.1) is 0 Å². The van der Waals surface area contributed by atoms with Crippen LogP contribution in [0.25, 0.3) is 0 Å². The fraction of sp³-hybridized carbons (Fsp3) is 0.522. The summed E-state index contributed by atoms with van der Waals surface area (Å²) in [6.07, 6.45) is 2.39. The molecule has 2 saturated heterocycles. The Morgan fingerprint density at radius 1 is 1.10 bits per heavy atom. The Morgan fingerprint density at radius 2 is 1.81 bits per heavy atom. The van der Waals surface area contributed by atoms with Crippen LogP contribution in [-0.4, -0.2) is 73.4 Å². The summed E-state index contributed by atoms with van der Waals surface area (Å²) >= 11 is 0. The summed E-state index contributed by atoms with van der Waals surface area (Å²) in [5.41, 5.74) is 2.83. The van der Waals surface area contributed by atoms with Crippen molar-refractivity contribution in [1.29, 1.82) is 0 Å². The molecular formula is C23H31N3O4S. The number of carbonyl (C=O) groups excluding carboxylic acids is 1. The predicted octanol–water partition coefficient (Wildman–Crippen LogP) is 2.47. The van der Waals surface area contributed by atoms with Crippen LogP contribution in [0.4, 0.5) is 0 Å². The molecule has 1 aromatic heterocycles. The third-order valence-electron chi connectivity index (χ3n) is 6.36. The van der Waals surface area contributed by atoms with Crippen LogP contribution in [0.3, 0.4) is 0 Å². The number of aryl methyl sites for hydroxylation is 1. The highest BCUT2D eigenvalue weighted by atomic mass is 32.2. The highest BCUT2D eigenvalue weighted by molar-refractivity contribution is 7.89. The number of carbonyl (C=O) groups is 1. The van der Waals surface area contributed by atoms with Gasteiger partial charge >= 0.3 is 0 Å². The number of piperazine rings is 1. The summed E-state index contributed by atoms with van der Waals surface area (Å²) in [6.45, 7) is 7.84. The average molecular weight is 446 g/mol. The molecule has 7 nitrogen and oxygen atoms in total. The van der Waals surface area contributed by atoms with Crippen LogP contribution in [0.5, 0.6) is 0 Å². The molecule has 168 valence electrons. The van der Waals surface area contributed by atoms with Gasteiger partial charge in [0.1, 0.15) is 0 Å². The van der Waals surface area contributed by atoms with Crippen molar-refractivity contribution in [3.63, 3.8) is 0 Å². The zero-order valence-corrected chi connectivity index (χ0v) is 19.1. The van der Waals surface area contributed by atoms with Gasteiger partial charge in [0.25, 0.3) is 0 Å². The molecule has 3 heterocycles. The van der Waals surface area contributed by atoms with Gasteiger partial charge in [-0.05, 0) is 44.9 Å². The number of Topliss-reactive ketones (excluding diaryl/α,β-unsaturated/α-hetero) is 1. The smallest absolute Gasteiger partial charge is 0.243 e. The fourth-order valence-electron chi connectivity index (χ4n) is 4.51. The Kier molecular flexibility index (Phi) is 6.62. The van der Waals surface area contributed by atoms with Gasteiger partial charge < -0.3 is 9.30 Å². The lowest BCUT2D eigenvalue weighted by molar-refractivity contribution is 0.0896. The van der Waals surface area contributed by atoms with Crippen LogP contribution in [0.1, 0.15) is 34.6 Å². The highest BCUT2D eigenvalue weighted by Crippen LogP contribution is 2.22. The summed E-state index contributed by atoms with van der Waals surface area (Å²) in [7, 11) is -3.48. The van der Waals surface area contributed by atoms with Crippen molar-refractivity contribution in [3.05, 3.63) is 53.3 Å². The van der Waals surface area contributed by atoms with E-state index in [1.54, 1.807) is 30.3 Å². The van der Waals surface area contributed by atoms with Crippen molar-refractivity contribution in [1.82, 2.24) is 13.8 Å². The van der Waals surface area contributed by atoms with Crippen LogP contribution in [0, 0.1) is 13.8 Å². The Bertz CT molecular complexity index is 1020. The van der Waals surface area contributed by atoms with Gasteiger partial charge in [-0.2, -0.15) is 4.31 Å². The van der Waals surface area contributed by atoms with Crippen LogP contribution >= 0.6 is 0 Å². The van der Waals surface area contributed by atoms with Crippen molar-refractivity contribution in [3.8, 4) is 0 Å². The maximum atomic E-state index is 13.0. The first kappa shape index (κ1) is 22.2. The van der Waals surface area contributed by atoms with Crippen molar-refractivity contribution in [2.75, 3.05) is 39.3 Å². The van der Waals surface area contributed by atoms with Crippen LogP contribution in [0.15, 0.2) is 41.3 Å². The van der Waals surface area contributed by atoms with Gasteiger partial charge in [-0.3, -0.25) is 9.69 Å². The molecule has 2 aliphatic rings. The van der Waals surface area contributed by atoms with Crippen molar-refractivity contribution < 1.29 is 17.9 Å². The second kappa shape index (κ2) is 9.24. The molecule has 0 N–H and O–H groups in total. The molecule has 1 atom stereocenters. The molecular weight excluding hydrogens is 414 g/mol. The van der Waals surface area contributed by atoms with E-state index in [1.165, 1.54) is 4.31 Å². The Labute approximate surface area is 184 Å². The van der Waals surface area contributed by atoms with Crippen LogP contribution < -0.4 is 0 Å². The molecule has 8 heteroatoms. The second-order valence-electron chi connectivity index (χ2n) is 8.45. The molecule has 0 bridgehead atoms. The number of ether oxygens (including phenoxy) is 1. The van der Waals surface area contributed by atoms with E-state index < -0.39 is 10.0 Å². The number of hydrogen-bond acceptors (Lipinski definition) is 5. The number of ketones is 1. The van der Waals surface area contributed by atoms with Gasteiger partial charge in [-0.25, -0.2) is 8.42 Å². The number of sulfonamides is 1. The SMILES string of the molecule is Cc1cc(C(=O)CN2CCN(S(=O)(=O)c3ccccc3)CC2)c(C)n1C[C@@H]1CCCO1. The molecule has 2 aliphatic heterocycles. The summed E-state index contributed by atoms with van der Waals surface area (Å²) in [6, 6.07) is 10.5. The van der Waals surface area contributed by atoms with Gasteiger partial charge in [-0.1, -0.05) is 18.2 Å². The number of nitrogens with zero attached hydrogens (tertiary/aromatic N) is 3. The highest BCUT2D eigenvalue weighted by Gasteiger charge is 2.29. The first-order valence-electron chi connectivity index (χ1n) is 11.0. The first-order chi connectivity index (χ1) is 14.9. The van der Waals surface area contributed by atoms with E-state index in [9.17, 15) is 13.2 Å². The van der Waals surface area contributed by atoms with Crippen LogP contribution in [0.2, 0.25) is 0 Å². The van der Waals surface area contributed by atoms with Gasteiger partial charge in [0.15, 0.2) is 5.78 Å². The predicted molar refractivity (Wildman–Crippen MR) is 119 cm³/mol. The Morgan fingerprint density at radius 3 is 2.45 bits per heavy atom. The summed E-state index contributed by atoms with van der Waals surface area (Å²) < 4.78 is 35.0. The lowest BCUT2D eigenvalue weighted by Crippen LogP contribution is -2.49. The van der Waals surface area contributed by atoms with E-state index >= 15 is 0 Å². The molecule has 0 amide bonds. The minimum Gasteiger partial charge on any atom is -0.376 e. The van der Waals surface area contributed by atoms with Crippen molar-refractivity contribution >= 4 is 15.8 Å². The van der Waals surface area contributed by atoms with E-state index in [0.717, 1.165) is 42.9 Å². The van der Waals surface area contributed by atoms with E-state index in [1.807, 2.05) is 24.8 Å². The molecule has 31 heavy (non-hydrogen) atoms. The van der Waals surface area contributed by atoms with E-state index in [4.69, 9.17) is 4.74 Å². The zero-order valence-electron chi connectivity index (χ0n) is 18.3. The van der Waals surface area contributed by atoms with Crippen LogP contribution in [-0.2, 0) is 21.3 Å². The quantitative estimate of drug-likeness (QED) is 0.613. The minimum absolute atomic E-state index is 0.0889. The molecule has 2 aromatic rings. The molecule has 1 aromatic carbocycles.